The molecular formula is C36H60O30Rh. The molecule has 30 nitrogen and oxygen atoms in total. The molecule has 0 amide bonds. The van der Waals surface area contributed by atoms with E-state index >= 15 is 0 Å². The van der Waals surface area contributed by atoms with E-state index in [9.17, 15) is 91.9 Å². The van der Waals surface area contributed by atoms with Gasteiger partial charge in [0.1, 0.15) is 146 Å². The first kappa shape index (κ1) is 55.7. The molecule has 67 heavy (non-hydrogen) atoms. The zero-order valence-electron chi connectivity index (χ0n) is 34.8. The maximum absolute atomic E-state index is 11.2. The van der Waals surface area contributed by atoms with Crippen molar-refractivity contribution in [2.75, 3.05) is 39.6 Å². The average Bonchev–Trinajstić information content (AvgIpc) is 3.31. The van der Waals surface area contributed by atoms with Crippen molar-refractivity contribution in [3.8, 4) is 0 Å². The largest absolute Gasteiger partial charge is 0.394 e. The van der Waals surface area contributed by atoms with E-state index in [0.29, 0.717) is 0 Å². The molecule has 0 aromatic rings. The summed E-state index contributed by atoms with van der Waals surface area (Å²) in [6.07, 6.45) is -58.5. The van der Waals surface area contributed by atoms with Crippen molar-refractivity contribution in [2.45, 2.75) is 184 Å². The third kappa shape index (κ3) is 10.9. The molecule has 0 aromatic carbocycles. The Balaban J connectivity index is 0.00000741. The number of rotatable bonds is 6. The molecule has 22 saturated heterocycles. The fourth-order valence-corrected chi connectivity index (χ4v) is 8.93. The molecule has 1 radical (unpaired) electrons. The van der Waals surface area contributed by atoms with Gasteiger partial charge in [-0.15, -0.1) is 0 Å². The van der Waals surface area contributed by atoms with E-state index in [0.717, 1.165) is 0 Å². The Labute approximate surface area is 391 Å². The number of aliphatic hydroxyl groups is 18. The summed E-state index contributed by atoms with van der Waals surface area (Å²) in [6.45, 7) is -5.99. The van der Waals surface area contributed by atoms with E-state index in [2.05, 4.69) is 0 Å². The first-order valence-corrected chi connectivity index (χ1v) is 21.1. The van der Waals surface area contributed by atoms with Gasteiger partial charge in [-0.25, -0.2) is 0 Å². The summed E-state index contributed by atoms with van der Waals surface area (Å²) in [4.78, 5) is 0. The standard InChI is InChI=1S/C36H60O30.Rh/c37-1-7-25-13(43)19(49)31(55-7)62-26-8(2-38)57-33(21(51)15(26)45)64-28-10(4-40)59-35(23(53)17(28)47)66-30-12(6-42)60-36(24(54)18(30)48)65-29-11(5-41)58-34(22(52)16(29)46)63-27-9(3-39)56-32(61-25)20(50)14(27)44;/h7-54H,1-6H2;/t7-,8-,9-,10-,11-,12-,13-,14-,15-,16-,17-,18-,19-,20-,21-,22-,23-,24-,25-,26-,27-,28-,29-,30+,31-,32-,33-,34-,35-,36-;/m1./s1. The van der Waals surface area contributed by atoms with Gasteiger partial charge in [-0.2, -0.15) is 0 Å². The second-order valence-electron chi connectivity index (χ2n) is 16.8. The van der Waals surface area contributed by atoms with Crippen LogP contribution in [0, 0.1) is 0 Å². The molecule has 31 heteroatoms. The summed E-state index contributed by atoms with van der Waals surface area (Å²) in [5.74, 6) is 0. The topological polar surface area (TPSA) is 475 Å². The fourth-order valence-electron chi connectivity index (χ4n) is 8.93. The first-order chi connectivity index (χ1) is 31.4. The van der Waals surface area contributed by atoms with Crippen LogP contribution in [-0.4, -0.2) is 316 Å². The predicted molar refractivity (Wildman–Crippen MR) is 196 cm³/mol. The molecule has 22 aliphatic rings. The zero-order chi connectivity index (χ0) is 48.0. The Morgan fingerprint density at radius 1 is 0.194 bits per heavy atom. The van der Waals surface area contributed by atoms with Gasteiger partial charge >= 0.3 is 0 Å². The minimum atomic E-state index is -2.15. The first-order valence-electron chi connectivity index (χ1n) is 21.1. The summed E-state index contributed by atoms with van der Waals surface area (Å²) in [6, 6.07) is 0. The van der Waals surface area contributed by atoms with Crippen LogP contribution in [0.3, 0.4) is 0 Å². The maximum Gasteiger partial charge on any atom is 0.187 e. The smallest absolute Gasteiger partial charge is 0.187 e. The van der Waals surface area contributed by atoms with Crippen molar-refractivity contribution in [3.05, 3.63) is 0 Å². The van der Waals surface area contributed by atoms with Crippen molar-refractivity contribution in [1.82, 2.24) is 0 Å². The van der Waals surface area contributed by atoms with Gasteiger partial charge in [0.15, 0.2) is 37.7 Å². The molecule has 393 valence electrons. The van der Waals surface area contributed by atoms with Crippen LogP contribution < -0.4 is 0 Å². The van der Waals surface area contributed by atoms with Gasteiger partial charge in [0, 0.05) is 19.5 Å². The van der Waals surface area contributed by atoms with Crippen LogP contribution in [0.5, 0.6) is 0 Å². The third-order valence-electron chi connectivity index (χ3n) is 12.7. The molecule has 12 bridgehead atoms. The summed E-state index contributed by atoms with van der Waals surface area (Å²) in [5, 5.41) is 196. The summed E-state index contributed by atoms with van der Waals surface area (Å²) < 4.78 is 67.9. The minimum absolute atomic E-state index is 0. The van der Waals surface area contributed by atoms with E-state index in [1.54, 1.807) is 0 Å². The van der Waals surface area contributed by atoms with Crippen LogP contribution in [0.25, 0.3) is 0 Å². The van der Waals surface area contributed by atoms with E-state index < -0.39 is 224 Å². The van der Waals surface area contributed by atoms with Crippen molar-refractivity contribution >= 4 is 0 Å². The molecule has 22 fully saturated rings. The predicted octanol–water partition coefficient (Wildman–Crippen LogP) is -13.1. The van der Waals surface area contributed by atoms with Crippen LogP contribution in [0.15, 0.2) is 0 Å². The molecular weight excluding hydrogens is 1020 g/mol. The van der Waals surface area contributed by atoms with Crippen LogP contribution in [0.2, 0.25) is 0 Å². The fraction of sp³-hybridized carbons (Fsp3) is 1.00. The minimum Gasteiger partial charge on any atom is -0.394 e. The molecule has 0 aromatic heterocycles. The summed E-state index contributed by atoms with van der Waals surface area (Å²) in [7, 11) is 0. The molecule has 22 aliphatic heterocycles. The molecule has 30 atom stereocenters. The molecule has 0 unspecified atom stereocenters. The number of hydrogen-bond donors (Lipinski definition) is 18. The second kappa shape index (κ2) is 23.5. The number of ether oxygens (including phenoxy) is 12. The van der Waals surface area contributed by atoms with Gasteiger partial charge in [-0.1, -0.05) is 0 Å². The monoisotopic (exact) mass is 1080 g/mol. The quantitative estimate of drug-likeness (QED) is 0.110. The van der Waals surface area contributed by atoms with Crippen molar-refractivity contribution < 1.29 is 168 Å². The second-order valence-corrected chi connectivity index (χ2v) is 16.8. The average molecular weight is 1080 g/mol. The molecule has 22 heterocycles. The molecule has 0 aliphatic carbocycles. The van der Waals surface area contributed by atoms with Crippen molar-refractivity contribution in [2.24, 2.45) is 0 Å². The molecule has 22 rings (SSSR count). The molecule has 0 saturated carbocycles. The Morgan fingerprint density at radius 3 is 0.418 bits per heavy atom. The molecule has 18 N–H and O–H groups in total. The molecule has 0 spiro atoms. The summed E-state index contributed by atoms with van der Waals surface area (Å²) in [5.41, 5.74) is 0. The Bertz CT molecular complexity index is 1240. The van der Waals surface area contributed by atoms with E-state index in [1.807, 2.05) is 0 Å². The third-order valence-corrected chi connectivity index (χ3v) is 12.7. The Morgan fingerprint density at radius 2 is 0.313 bits per heavy atom. The van der Waals surface area contributed by atoms with Crippen LogP contribution in [0.1, 0.15) is 0 Å². The van der Waals surface area contributed by atoms with Crippen LogP contribution >= 0.6 is 0 Å². The van der Waals surface area contributed by atoms with Crippen LogP contribution in [-0.2, 0) is 76.3 Å². The maximum atomic E-state index is 11.2. The van der Waals surface area contributed by atoms with Gasteiger partial charge in [-0.3, -0.25) is 0 Å². The van der Waals surface area contributed by atoms with Gasteiger partial charge in [0.2, 0.25) is 0 Å². The Kier molecular flexibility index (Phi) is 19.6. The van der Waals surface area contributed by atoms with Gasteiger partial charge in [-0.05, 0) is 0 Å². The number of aliphatic hydroxyl groups excluding tert-OH is 18. The summed E-state index contributed by atoms with van der Waals surface area (Å²) >= 11 is 0. The van der Waals surface area contributed by atoms with E-state index in [-0.39, 0.29) is 19.5 Å². The van der Waals surface area contributed by atoms with Gasteiger partial charge < -0.3 is 149 Å². The number of hydrogen-bond acceptors (Lipinski definition) is 30. The van der Waals surface area contributed by atoms with E-state index in [4.69, 9.17) is 56.8 Å². The SMILES string of the molecule is OC[C@H]1O[C@@H]2O[C@H]3[C@H](O)[C@@H](O)[C@@H](O[C@H]4[C@H](O)[C@@H](O)[C@@H](O[C@H]5[C@H](O)[C@@H](O)[C@@H](O[C@H]6[C@H](O)[C@@H](O)[C@@H](O[C@H]7[C@H](O)[C@@H](O)[C@@H](O[C@@H]1[C@H](O)[C@H]2O)O[C@@H]7CO)O[C@@H]6CO)O[C@@H]5CO)O[C@@H]4CO)O[C@@H]3CO.[Rh]. The van der Waals surface area contributed by atoms with Crippen molar-refractivity contribution in [3.63, 3.8) is 0 Å². The van der Waals surface area contributed by atoms with Crippen molar-refractivity contribution in [1.29, 1.82) is 0 Å². The zero-order valence-corrected chi connectivity index (χ0v) is 36.5. The Hall–Kier alpha value is -0.577. The normalized spacial score (nSPS) is 54.5. The van der Waals surface area contributed by atoms with Gasteiger partial charge in [0.25, 0.3) is 0 Å². The van der Waals surface area contributed by atoms with Gasteiger partial charge in [0.05, 0.1) is 39.6 Å². The van der Waals surface area contributed by atoms with Crippen LogP contribution in [0.4, 0.5) is 0 Å². The van der Waals surface area contributed by atoms with E-state index in [1.165, 1.54) is 0 Å².